The van der Waals surface area contributed by atoms with Crippen molar-refractivity contribution in [2.75, 3.05) is 20.1 Å². The molecular weight excluding hydrogens is 244 g/mol. The molecule has 2 heteroatoms. The second-order valence-electron chi connectivity index (χ2n) is 6.88. The summed E-state index contributed by atoms with van der Waals surface area (Å²) in [5, 5.41) is 3.83. The lowest BCUT2D eigenvalue weighted by molar-refractivity contribution is 0.305. The van der Waals surface area contributed by atoms with E-state index >= 15 is 0 Å². The fourth-order valence-electron chi connectivity index (χ4n) is 3.14. The molecule has 0 radical (unpaired) electrons. The van der Waals surface area contributed by atoms with Crippen LogP contribution in [0.5, 0.6) is 0 Å². The van der Waals surface area contributed by atoms with E-state index in [0.29, 0.717) is 0 Å². The summed E-state index contributed by atoms with van der Waals surface area (Å²) in [4.78, 5) is 2.43. The van der Waals surface area contributed by atoms with E-state index in [0.717, 1.165) is 37.5 Å². The highest BCUT2D eigenvalue weighted by Crippen LogP contribution is 2.44. The zero-order valence-corrected chi connectivity index (χ0v) is 12.9. The van der Waals surface area contributed by atoms with Gasteiger partial charge >= 0.3 is 0 Å². The van der Waals surface area contributed by atoms with Crippen molar-refractivity contribution in [3.8, 4) is 0 Å². The molecule has 2 nitrogen and oxygen atoms in total. The standard InChI is InChI=1S/C18H28N2/c1-14-3-5-15(6-4-14)13-20(2)12-11-19-18(16-7-8-16)17-9-10-17/h3-6,16-19H,7-13H2,1-2H3. The Hall–Kier alpha value is -0.860. The number of hydrogen-bond acceptors (Lipinski definition) is 2. The summed E-state index contributed by atoms with van der Waals surface area (Å²) in [7, 11) is 2.23. The van der Waals surface area contributed by atoms with E-state index < -0.39 is 0 Å². The van der Waals surface area contributed by atoms with E-state index in [1.807, 2.05) is 0 Å². The van der Waals surface area contributed by atoms with Gasteiger partial charge in [-0.2, -0.15) is 0 Å². The minimum absolute atomic E-state index is 0.836. The van der Waals surface area contributed by atoms with Gasteiger partial charge in [-0.1, -0.05) is 29.8 Å². The normalized spacial score (nSPS) is 19.0. The van der Waals surface area contributed by atoms with E-state index in [2.05, 4.69) is 48.5 Å². The van der Waals surface area contributed by atoms with Crippen molar-refractivity contribution in [1.29, 1.82) is 0 Å². The fraction of sp³-hybridized carbons (Fsp3) is 0.667. The zero-order chi connectivity index (χ0) is 13.9. The molecule has 0 aliphatic heterocycles. The van der Waals surface area contributed by atoms with Crippen LogP contribution in [-0.2, 0) is 6.54 Å². The monoisotopic (exact) mass is 272 g/mol. The molecule has 0 amide bonds. The van der Waals surface area contributed by atoms with E-state index in [-0.39, 0.29) is 0 Å². The Morgan fingerprint density at radius 1 is 1.10 bits per heavy atom. The van der Waals surface area contributed by atoms with Gasteiger partial charge in [-0.05, 0) is 57.1 Å². The highest BCUT2D eigenvalue weighted by atomic mass is 15.1. The van der Waals surface area contributed by atoms with Gasteiger partial charge in [-0.3, -0.25) is 0 Å². The molecule has 0 heterocycles. The van der Waals surface area contributed by atoms with Crippen molar-refractivity contribution in [2.45, 2.75) is 45.2 Å². The molecule has 2 saturated carbocycles. The van der Waals surface area contributed by atoms with Crippen molar-refractivity contribution < 1.29 is 0 Å². The molecule has 0 saturated heterocycles. The Labute approximate surface area is 123 Å². The first-order valence-electron chi connectivity index (χ1n) is 8.20. The zero-order valence-electron chi connectivity index (χ0n) is 12.9. The maximum atomic E-state index is 3.83. The molecule has 0 spiro atoms. The average Bonchev–Trinajstić information content (AvgIpc) is 3.29. The summed E-state index contributed by atoms with van der Waals surface area (Å²) < 4.78 is 0. The lowest BCUT2D eigenvalue weighted by Crippen LogP contribution is -2.38. The molecule has 2 fully saturated rings. The number of benzene rings is 1. The van der Waals surface area contributed by atoms with Crippen molar-refractivity contribution >= 4 is 0 Å². The summed E-state index contributed by atoms with van der Waals surface area (Å²) in [6, 6.07) is 9.74. The quantitative estimate of drug-likeness (QED) is 0.782. The number of nitrogens with zero attached hydrogens (tertiary/aromatic N) is 1. The predicted octanol–water partition coefficient (Wildman–Crippen LogP) is 3.21. The van der Waals surface area contributed by atoms with Crippen molar-refractivity contribution in [2.24, 2.45) is 11.8 Å². The molecule has 0 bridgehead atoms. The Bertz CT molecular complexity index is 406. The third-order valence-electron chi connectivity index (χ3n) is 4.71. The molecule has 20 heavy (non-hydrogen) atoms. The third kappa shape index (κ3) is 4.07. The van der Waals surface area contributed by atoms with Crippen molar-refractivity contribution in [3.63, 3.8) is 0 Å². The second kappa shape index (κ2) is 6.28. The highest BCUT2D eigenvalue weighted by Gasteiger charge is 2.40. The molecule has 0 atom stereocenters. The molecule has 1 aromatic carbocycles. The Balaban J connectivity index is 1.38. The SMILES string of the molecule is Cc1ccc(CN(C)CCNC(C2CC2)C2CC2)cc1. The van der Waals surface area contributed by atoms with E-state index in [1.54, 1.807) is 0 Å². The number of hydrogen-bond donors (Lipinski definition) is 1. The van der Waals surface area contributed by atoms with Crippen LogP contribution in [0.4, 0.5) is 0 Å². The van der Waals surface area contributed by atoms with Gasteiger partial charge in [0, 0.05) is 25.7 Å². The molecule has 1 aromatic rings. The minimum Gasteiger partial charge on any atom is -0.312 e. The number of likely N-dealkylation sites (N-methyl/N-ethyl adjacent to an activating group) is 1. The molecule has 2 aliphatic rings. The van der Waals surface area contributed by atoms with Crippen LogP contribution in [0.15, 0.2) is 24.3 Å². The van der Waals surface area contributed by atoms with Crippen LogP contribution < -0.4 is 5.32 Å². The molecule has 1 N–H and O–H groups in total. The summed E-state index contributed by atoms with van der Waals surface area (Å²) >= 11 is 0. The van der Waals surface area contributed by atoms with Gasteiger partial charge in [0.05, 0.1) is 0 Å². The van der Waals surface area contributed by atoms with Gasteiger partial charge in [-0.25, -0.2) is 0 Å². The van der Waals surface area contributed by atoms with Crippen LogP contribution in [0.2, 0.25) is 0 Å². The number of aryl methyl sites for hydroxylation is 1. The van der Waals surface area contributed by atoms with Gasteiger partial charge < -0.3 is 10.2 Å². The molecule has 2 aliphatic carbocycles. The van der Waals surface area contributed by atoms with Crippen LogP contribution in [-0.4, -0.2) is 31.1 Å². The smallest absolute Gasteiger partial charge is 0.0231 e. The first-order valence-corrected chi connectivity index (χ1v) is 8.20. The Morgan fingerprint density at radius 2 is 1.70 bits per heavy atom. The average molecular weight is 272 g/mol. The topological polar surface area (TPSA) is 15.3 Å². The minimum atomic E-state index is 0.836. The first-order chi connectivity index (χ1) is 9.72. The number of nitrogens with one attached hydrogen (secondary N) is 1. The van der Waals surface area contributed by atoms with Crippen LogP contribution in [0.25, 0.3) is 0 Å². The summed E-state index contributed by atoms with van der Waals surface area (Å²) in [5.74, 6) is 2.01. The van der Waals surface area contributed by atoms with E-state index in [4.69, 9.17) is 0 Å². The summed E-state index contributed by atoms with van der Waals surface area (Å²) in [6.07, 6.45) is 5.86. The molecule has 110 valence electrons. The lowest BCUT2D eigenvalue weighted by atomic mass is 10.1. The lowest BCUT2D eigenvalue weighted by Gasteiger charge is -2.21. The molecule has 0 unspecified atom stereocenters. The summed E-state index contributed by atoms with van der Waals surface area (Å²) in [5.41, 5.74) is 2.76. The van der Waals surface area contributed by atoms with Gasteiger partial charge in [0.2, 0.25) is 0 Å². The van der Waals surface area contributed by atoms with Gasteiger partial charge in [-0.15, -0.1) is 0 Å². The third-order valence-corrected chi connectivity index (χ3v) is 4.71. The second-order valence-corrected chi connectivity index (χ2v) is 6.88. The summed E-state index contributed by atoms with van der Waals surface area (Å²) in [6.45, 7) is 5.48. The Kier molecular flexibility index (Phi) is 4.42. The predicted molar refractivity (Wildman–Crippen MR) is 84.8 cm³/mol. The maximum Gasteiger partial charge on any atom is 0.0231 e. The van der Waals surface area contributed by atoms with E-state index in [9.17, 15) is 0 Å². The Morgan fingerprint density at radius 3 is 2.25 bits per heavy atom. The van der Waals surface area contributed by atoms with Crippen LogP contribution >= 0.6 is 0 Å². The van der Waals surface area contributed by atoms with Crippen molar-refractivity contribution in [1.82, 2.24) is 10.2 Å². The highest BCUT2D eigenvalue weighted by molar-refractivity contribution is 5.21. The van der Waals surface area contributed by atoms with Gasteiger partial charge in [0.25, 0.3) is 0 Å². The fourth-order valence-corrected chi connectivity index (χ4v) is 3.14. The van der Waals surface area contributed by atoms with Gasteiger partial charge in [0.15, 0.2) is 0 Å². The van der Waals surface area contributed by atoms with Crippen LogP contribution in [0.1, 0.15) is 36.8 Å². The largest absolute Gasteiger partial charge is 0.312 e. The van der Waals surface area contributed by atoms with Crippen LogP contribution in [0, 0.1) is 18.8 Å². The van der Waals surface area contributed by atoms with Crippen LogP contribution in [0.3, 0.4) is 0 Å². The first kappa shape index (κ1) is 14.1. The van der Waals surface area contributed by atoms with Crippen molar-refractivity contribution in [3.05, 3.63) is 35.4 Å². The molecule has 0 aromatic heterocycles. The number of rotatable bonds is 8. The van der Waals surface area contributed by atoms with E-state index in [1.165, 1.54) is 36.8 Å². The molecule has 3 rings (SSSR count). The maximum absolute atomic E-state index is 3.83. The molecular formula is C18H28N2. The van der Waals surface area contributed by atoms with Gasteiger partial charge in [0.1, 0.15) is 0 Å².